The number of ether oxygens (including phenoxy) is 5. The fourth-order valence-corrected chi connectivity index (χ4v) is 5.04. The van der Waals surface area contributed by atoms with Gasteiger partial charge in [-0.25, -0.2) is 0 Å². The molecule has 3 aliphatic rings. The highest BCUT2D eigenvalue weighted by Crippen LogP contribution is 2.42. The number of carbonyl (C=O) groups excluding carboxylic acids is 1. The third-order valence-electron chi connectivity index (χ3n) is 7.45. The van der Waals surface area contributed by atoms with Crippen LogP contribution in [0.1, 0.15) is 28.4 Å². The van der Waals surface area contributed by atoms with Crippen LogP contribution in [0.3, 0.4) is 0 Å². The van der Waals surface area contributed by atoms with Gasteiger partial charge in [0.1, 0.15) is 72.0 Å². The predicted molar refractivity (Wildman–Crippen MR) is 136 cm³/mol. The molecule has 0 saturated carbocycles. The van der Waals surface area contributed by atoms with E-state index in [2.05, 4.69) is 0 Å². The topological polar surface area (TPSA) is 245 Å². The molecule has 3 heterocycles. The average molecular weight is 597 g/mol. The highest BCUT2D eigenvalue weighted by molar-refractivity contribution is 6.02. The van der Waals surface area contributed by atoms with Crippen LogP contribution in [0.4, 0.5) is 0 Å². The van der Waals surface area contributed by atoms with E-state index < -0.39 is 86.5 Å². The lowest BCUT2D eigenvalue weighted by Gasteiger charge is -2.40. The Kier molecular flexibility index (Phi) is 8.86. The minimum Gasteiger partial charge on any atom is -0.504 e. The lowest BCUT2D eigenvalue weighted by molar-refractivity contribution is -0.277. The first-order valence-electron chi connectivity index (χ1n) is 13.1. The number of benzene rings is 2. The third-order valence-corrected chi connectivity index (χ3v) is 7.45. The van der Waals surface area contributed by atoms with Crippen molar-refractivity contribution in [3.05, 3.63) is 47.5 Å². The van der Waals surface area contributed by atoms with Crippen molar-refractivity contribution in [2.24, 2.45) is 0 Å². The lowest BCUT2D eigenvalue weighted by atomic mass is 9.95. The highest BCUT2D eigenvalue weighted by atomic mass is 16.7. The number of rotatable bonds is 7. The van der Waals surface area contributed by atoms with Gasteiger partial charge < -0.3 is 69.6 Å². The van der Waals surface area contributed by atoms with Gasteiger partial charge in [-0.3, -0.25) is 4.79 Å². The molecular formula is C27H32O15. The minimum absolute atomic E-state index is 0.0299. The van der Waals surface area contributed by atoms with E-state index in [1.807, 2.05) is 0 Å². The molecule has 11 unspecified atom stereocenters. The first-order valence-corrected chi connectivity index (χ1v) is 13.1. The number of Topliss-reactive ketones (excluding diaryl/α,β-unsaturated/α-hetero) is 1. The number of hydrogen-bond donors (Lipinski definition) is 9. The van der Waals surface area contributed by atoms with Crippen molar-refractivity contribution in [3.8, 4) is 23.0 Å². The van der Waals surface area contributed by atoms with Crippen molar-refractivity contribution in [2.45, 2.75) is 73.9 Å². The van der Waals surface area contributed by atoms with Crippen LogP contribution in [-0.4, -0.2) is 126 Å². The maximum Gasteiger partial charge on any atom is 0.229 e. The molecule has 0 radical (unpaired) electrons. The Morgan fingerprint density at radius 2 is 1.31 bits per heavy atom. The van der Waals surface area contributed by atoms with Gasteiger partial charge in [0.05, 0.1) is 19.6 Å². The van der Waals surface area contributed by atoms with Crippen molar-refractivity contribution >= 4 is 5.78 Å². The maximum atomic E-state index is 13.3. The van der Waals surface area contributed by atoms with Crippen LogP contribution < -0.4 is 14.2 Å². The van der Waals surface area contributed by atoms with Crippen molar-refractivity contribution in [2.75, 3.05) is 13.2 Å². The van der Waals surface area contributed by atoms with Gasteiger partial charge in [0.2, 0.25) is 12.6 Å². The highest BCUT2D eigenvalue weighted by Gasteiger charge is 2.46. The van der Waals surface area contributed by atoms with Crippen LogP contribution in [0.15, 0.2) is 36.4 Å². The minimum atomic E-state index is -1.72. The molecule has 0 bridgehead atoms. The van der Waals surface area contributed by atoms with E-state index in [0.29, 0.717) is 5.56 Å². The Bertz CT molecular complexity index is 1270. The number of aliphatic hydroxyl groups is 8. The molecule has 0 spiro atoms. The van der Waals surface area contributed by atoms with Gasteiger partial charge in [0.25, 0.3) is 0 Å². The molecule has 2 aromatic rings. The average Bonchev–Trinajstić information content (AvgIpc) is 2.98. The van der Waals surface area contributed by atoms with Gasteiger partial charge in [-0.05, 0) is 29.8 Å². The van der Waals surface area contributed by atoms with E-state index in [1.165, 1.54) is 36.4 Å². The van der Waals surface area contributed by atoms with Gasteiger partial charge in [0, 0.05) is 0 Å². The van der Waals surface area contributed by atoms with Crippen LogP contribution in [0, 0.1) is 0 Å². The second-order valence-corrected chi connectivity index (χ2v) is 10.2. The van der Waals surface area contributed by atoms with E-state index in [4.69, 9.17) is 23.7 Å². The molecule has 0 aromatic heterocycles. The quantitative estimate of drug-likeness (QED) is 0.160. The molecule has 2 fully saturated rings. The van der Waals surface area contributed by atoms with Gasteiger partial charge in [-0.2, -0.15) is 0 Å². The molecule has 15 nitrogen and oxygen atoms in total. The molecule has 11 atom stereocenters. The Balaban J connectivity index is 1.34. The molecule has 2 saturated heterocycles. The number of hydrogen-bond acceptors (Lipinski definition) is 15. The molecule has 9 N–H and O–H groups in total. The van der Waals surface area contributed by atoms with Crippen molar-refractivity contribution in [3.63, 3.8) is 0 Å². The SMILES string of the molecule is O=C1CC(c2ccc(O)c(OC3OC(CO)C(O)C(O)C3O)c2)Oc2cccc(OC3OC(CO)C(O)C(O)C3O)c21. The molecule has 0 aliphatic carbocycles. The first-order chi connectivity index (χ1) is 20.0. The zero-order valence-electron chi connectivity index (χ0n) is 21.9. The first kappa shape index (κ1) is 30.4. The fourth-order valence-electron chi connectivity index (χ4n) is 5.04. The number of phenolic OH excluding ortho intramolecular Hbond substituents is 1. The summed E-state index contributed by atoms with van der Waals surface area (Å²) in [5.74, 6) is -0.904. The summed E-state index contributed by atoms with van der Waals surface area (Å²) in [5, 5.41) is 89.9. The van der Waals surface area contributed by atoms with Gasteiger partial charge in [-0.15, -0.1) is 0 Å². The van der Waals surface area contributed by atoms with Crippen LogP contribution in [0.2, 0.25) is 0 Å². The van der Waals surface area contributed by atoms with E-state index in [0.717, 1.165) is 0 Å². The summed E-state index contributed by atoms with van der Waals surface area (Å²) in [6, 6.07) is 8.52. The van der Waals surface area contributed by atoms with Gasteiger partial charge in [0.15, 0.2) is 17.3 Å². The number of ketones is 1. The Labute approximate surface area is 238 Å². The van der Waals surface area contributed by atoms with Crippen molar-refractivity contribution in [1.29, 1.82) is 0 Å². The monoisotopic (exact) mass is 596 g/mol. The Morgan fingerprint density at radius 1 is 0.738 bits per heavy atom. The van der Waals surface area contributed by atoms with Crippen LogP contribution >= 0.6 is 0 Å². The molecule has 5 rings (SSSR count). The van der Waals surface area contributed by atoms with E-state index in [9.17, 15) is 50.8 Å². The van der Waals surface area contributed by atoms with Gasteiger partial charge in [-0.1, -0.05) is 12.1 Å². The summed E-state index contributed by atoms with van der Waals surface area (Å²) in [6.07, 6.45) is -16.5. The van der Waals surface area contributed by atoms with Crippen molar-refractivity contribution < 1.29 is 74.4 Å². The smallest absolute Gasteiger partial charge is 0.229 e. The number of aliphatic hydroxyl groups excluding tert-OH is 8. The second-order valence-electron chi connectivity index (χ2n) is 10.2. The number of phenols is 1. The molecule has 230 valence electrons. The molecule has 0 amide bonds. The normalized spacial score (nSPS) is 36.6. The van der Waals surface area contributed by atoms with E-state index in [1.54, 1.807) is 0 Å². The number of fused-ring (bicyclic) bond motifs is 1. The summed E-state index contributed by atoms with van der Waals surface area (Å²) >= 11 is 0. The Morgan fingerprint density at radius 3 is 1.88 bits per heavy atom. The zero-order chi connectivity index (χ0) is 30.3. The summed E-state index contributed by atoms with van der Waals surface area (Å²) < 4.78 is 28.0. The third kappa shape index (κ3) is 5.63. The largest absolute Gasteiger partial charge is 0.504 e. The standard InChI is InChI=1S/C27H32O15/c28-8-17-20(32)22(34)24(36)26(41-17)39-14-3-1-2-13-19(14)12(31)7-15(38-13)10-4-5-11(30)16(6-10)40-27-25(37)23(35)21(33)18(9-29)42-27/h1-6,15,17-18,20-30,32-37H,7-9H2. The van der Waals surface area contributed by atoms with Crippen LogP contribution in [-0.2, 0) is 9.47 Å². The number of carbonyl (C=O) groups is 1. The zero-order valence-corrected chi connectivity index (χ0v) is 21.9. The van der Waals surface area contributed by atoms with Crippen LogP contribution in [0.5, 0.6) is 23.0 Å². The predicted octanol–water partition coefficient (Wildman–Crippen LogP) is -2.54. The molecule has 2 aromatic carbocycles. The summed E-state index contributed by atoms with van der Waals surface area (Å²) in [7, 11) is 0. The second kappa shape index (κ2) is 12.3. The van der Waals surface area contributed by atoms with E-state index in [-0.39, 0.29) is 35.0 Å². The van der Waals surface area contributed by atoms with Gasteiger partial charge >= 0.3 is 0 Å². The molecule has 42 heavy (non-hydrogen) atoms. The molecule has 3 aliphatic heterocycles. The lowest BCUT2D eigenvalue weighted by Crippen LogP contribution is -2.60. The molecule has 15 heteroatoms. The summed E-state index contributed by atoms with van der Waals surface area (Å²) in [5.41, 5.74) is 0.411. The summed E-state index contributed by atoms with van der Waals surface area (Å²) in [4.78, 5) is 13.3. The molecular weight excluding hydrogens is 564 g/mol. The number of aromatic hydroxyl groups is 1. The summed E-state index contributed by atoms with van der Waals surface area (Å²) in [6.45, 7) is -1.33. The Hall–Kier alpha value is -3.09. The van der Waals surface area contributed by atoms with E-state index >= 15 is 0 Å². The van der Waals surface area contributed by atoms with Crippen molar-refractivity contribution in [1.82, 2.24) is 0 Å². The maximum absolute atomic E-state index is 13.3. The fraction of sp³-hybridized carbons (Fsp3) is 0.519. The van der Waals surface area contributed by atoms with Crippen LogP contribution in [0.25, 0.3) is 0 Å².